The number of rotatable bonds is 5. The maximum absolute atomic E-state index is 13.3. The summed E-state index contributed by atoms with van der Waals surface area (Å²) >= 11 is 0. The molecule has 1 saturated carbocycles. The van der Waals surface area contributed by atoms with Crippen molar-refractivity contribution in [3.8, 4) is 5.75 Å². The summed E-state index contributed by atoms with van der Waals surface area (Å²) in [4.78, 5) is 18.0. The van der Waals surface area contributed by atoms with E-state index in [1.807, 2.05) is 0 Å². The number of anilines is 1. The van der Waals surface area contributed by atoms with Gasteiger partial charge in [0.2, 0.25) is 0 Å². The standard InChI is InChI=1S/C21H22F3N3O4S/c22-21(23,24)31-17-1-3-18(4-2-17)32(29,30)20(9-10-20)15-7-13-27(14-8-15)19(28)26-16-5-11-25-12-6-16/h1-6,11-12,15H,7-10,13-14H2,(H,25,26,28). The molecule has 0 radical (unpaired) electrons. The number of urea groups is 1. The first-order valence-corrected chi connectivity index (χ1v) is 11.7. The van der Waals surface area contributed by atoms with Crippen LogP contribution in [0, 0.1) is 5.92 Å². The Balaban J connectivity index is 1.40. The molecule has 1 saturated heterocycles. The lowest BCUT2D eigenvalue weighted by molar-refractivity contribution is -0.274. The van der Waals surface area contributed by atoms with Crippen LogP contribution in [-0.2, 0) is 9.84 Å². The lowest BCUT2D eigenvalue weighted by atomic mass is 9.91. The molecule has 0 unspecified atom stereocenters. The molecule has 2 heterocycles. The van der Waals surface area contributed by atoms with E-state index in [0.29, 0.717) is 44.5 Å². The first kappa shape index (κ1) is 22.4. The lowest BCUT2D eigenvalue weighted by Gasteiger charge is -2.36. The second-order valence-corrected chi connectivity index (χ2v) is 10.3. The second kappa shape index (κ2) is 8.27. The van der Waals surface area contributed by atoms with Gasteiger partial charge in [0, 0.05) is 31.2 Å². The van der Waals surface area contributed by atoms with Crippen molar-refractivity contribution < 1.29 is 31.1 Å². The fraction of sp³-hybridized carbons (Fsp3) is 0.429. The highest BCUT2D eigenvalue weighted by Gasteiger charge is 2.60. The molecule has 0 bridgehead atoms. The minimum Gasteiger partial charge on any atom is -0.406 e. The van der Waals surface area contributed by atoms with Crippen molar-refractivity contribution in [1.82, 2.24) is 9.88 Å². The summed E-state index contributed by atoms with van der Waals surface area (Å²) in [5.74, 6) is -0.585. The van der Waals surface area contributed by atoms with E-state index in [9.17, 15) is 26.4 Å². The molecule has 7 nitrogen and oxygen atoms in total. The van der Waals surface area contributed by atoms with Gasteiger partial charge in [0.25, 0.3) is 0 Å². The number of pyridine rings is 1. The van der Waals surface area contributed by atoms with E-state index in [4.69, 9.17) is 0 Å². The third-order valence-electron chi connectivity index (χ3n) is 6.10. The molecular weight excluding hydrogens is 447 g/mol. The van der Waals surface area contributed by atoms with E-state index in [0.717, 1.165) is 24.3 Å². The summed E-state index contributed by atoms with van der Waals surface area (Å²) in [6, 6.07) is 7.47. The summed E-state index contributed by atoms with van der Waals surface area (Å²) in [6.45, 7) is 0.856. The molecule has 32 heavy (non-hydrogen) atoms. The predicted molar refractivity (Wildman–Crippen MR) is 110 cm³/mol. The van der Waals surface area contributed by atoms with Crippen LogP contribution in [0.3, 0.4) is 0 Å². The molecule has 1 aliphatic carbocycles. The molecular formula is C21H22F3N3O4S. The number of nitrogens with zero attached hydrogens (tertiary/aromatic N) is 2. The quantitative estimate of drug-likeness (QED) is 0.708. The van der Waals surface area contributed by atoms with E-state index in [2.05, 4.69) is 15.0 Å². The number of sulfone groups is 1. The van der Waals surface area contributed by atoms with Gasteiger partial charge in [0.1, 0.15) is 5.75 Å². The smallest absolute Gasteiger partial charge is 0.406 e. The molecule has 1 aliphatic heterocycles. The maximum Gasteiger partial charge on any atom is 0.573 e. The fourth-order valence-corrected chi connectivity index (χ4v) is 6.60. The Labute approximate surface area is 183 Å². The number of alkyl halides is 3. The molecule has 2 amide bonds. The maximum atomic E-state index is 13.3. The number of piperidine rings is 1. The van der Waals surface area contributed by atoms with Crippen molar-refractivity contribution in [1.29, 1.82) is 0 Å². The van der Waals surface area contributed by atoms with E-state index in [1.165, 1.54) is 0 Å². The molecule has 0 atom stereocenters. The molecule has 11 heteroatoms. The molecule has 172 valence electrons. The zero-order chi connectivity index (χ0) is 23.0. The Morgan fingerprint density at radius 3 is 2.19 bits per heavy atom. The normalized spacial score (nSPS) is 18.8. The van der Waals surface area contributed by atoms with Crippen LogP contribution in [0.1, 0.15) is 25.7 Å². The van der Waals surface area contributed by atoms with Crippen LogP contribution in [0.25, 0.3) is 0 Å². The van der Waals surface area contributed by atoms with Crippen molar-refractivity contribution in [2.45, 2.75) is 41.7 Å². The van der Waals surface area contributed by atoms with Gasteiger partial charge in [-0.3, -0.25) is 4.98 Å². The number of nitrogens with one attached hydrogen (secondary N) is 1. The van der Waals surface area contributed by atoms with Crippen LogP contribution < -0.4 is 10.1 Å². The summed E-state index contributed by atoms with van der Waals surface area (Å²) in [5, 5.41) is 2.80. The van der Waals surface area contributed by atoms with E-state index in [-0.39, 0.29) is 16.8 Å². The number of hydrogen-bond donors (Lipinski definition) is 1. The Morgan fingerprint density at radius 1 is 1.06 bits per heavy atom. The van der Waals surface area contributed by atoms with Crippen molar-refractivity contribution in [3.05, 3.63) is 48.8 Å². The summed E-state index contributed by atoms with van der Waals surface area (Å²) in [7, 11) is -3.74. The SMILES string of the molecule is O=C(Nc1ccncc1)N1CCC(C2(S(=O)(=O)c3ccc(OC(F)(F)F)cc3)CC2)CC1. The van der Waals surface area contributed by atoms with Crippen LogP contribution >= 0.6 is 0 Å². The molecule has 2 fully saturated rings. The molecule has 2 aliphatic rings. The number of amides is 2. The van der Waals surface area contributed by atoms with Crippen molar-refractivity contribution in [2.75, 3.05) is 18.4 Å². The summed E-state index contributed by atoms with van der Waals surface area (Å²) in [6.07, 6.45) is 0.400. The van der Waals surface area contributed by atoms with Gasteiger partial charge in [0.15, 0.2) is 9.84 Å². The van der Waals surface area contributed by atoms with Gasteiger partial charge in [-0.05, 0) is 68.0 Å². The largest absolute Gasteiger partial charge is 0.573 e. The second-order valence-electron chi connectivity index (χ2n) is 8.01. The highest BCUT2D eigenvalue weighted by atomic mass is 32.2. The zero-order valence-electron chi connectivity index (χ0n) is 17.0. The van der Waals surface area contributed by atoms with Crippen LogP contribution in [0.5, 0.6) is 5.75 Å². The Hall–Kier alpha value is -2.82. The Morgan fingerprint density at radius 2 is 1.66 bits per heavy atom. The number of carbonyl (C=O) groups is 1. The van der Waals surface area contributed by atoms with Gasteiger partial charge < -0.3 is 15.0 Å². The number of halogens is 3. The molecule has 1 N–H and O–H groups in total. The molecule has 4 rings (SSSR count). The number of hydrogen-bond acceptors (Lipinski definition) is 5. The van der Waals surface area contributed by atoms with Crippen LogP contribution in [-0.4, -0.2) is 48.5 Å². The van der Waals surface area contributed by atoms with Crippen LogP contribution in [0.2, 0.25) is 0 Å². The van der Waals surface area contributed by atoms with Crippen molar-refractivity contribution in [2.24, 2.45) is 5.92 Å². The van der Waals surface area contributed by atoms with Crippen LogP contribution in [0.15, 0.2) is 53.7 Å². The van der Waals surface area contributed by atoms with Gasteiger partial charge in [-0.25, -0.2) is 13.2 Å². The fourth-order valence-electron chi connectivity index (χ4n) is 4.32. The van der Waals surface area contributed by atoms with E-state index in [1.54, 1.807) is 29.4 Å². The third-order valence-corrected chi connectivity index (χ3v) is 8.81. The molecule has 2 aromatic rings. The Kier molecular flexibility index (Phi) is 5.78. The van der Waals surface area contributed by atoms with Gasteiger partial charge in [-0.2, -0.15) is 0 Å². The highest BCUT2D eigenvalue weighted by Crippen LogP contribution is 2.55. The van der Waals surface area contributed by atoms with E-state index < -0.39 is 26.7 Å². The number of likely N-dealkylation sites (tertiary alicyclic amines) is 1. The van der Waals surface area contributed by atoms with Gasteiger partial charge >= 0.3 is 12.4 Å². The number of aromatic nitrogens is 1. The van der Waals surface area contributed by atoms with Gasteiger partial charge in [-0.1, -0.05) is 0 Å². The zero-order valence-corrected chi connectivity index (χ0v) is 17.8. The Bertz CT molecular complexity index is 1060. The first-order chi connectivity index (χ1) is 15.1. The van der Waals surface area contributed by atoms with Crippen molar-refractivity contribution in [3.63, 3.8) is 0 Å². The average molecular weight is 469 g/mol. The summed E-state index contributed by atoms with van der Waals surface area (Å²) < 4.78 is 66.6. The lowest BCUT2D eigenvalue weighted by Crippen LogP contribution is -2.45. The predicted octanol–water partition coefficient (Wildman–Crippen LogP) is 4.23. The average Bonchev–Trinajstić information content (AvgIpc) is 3.56. The van der Waals surface area contributed by atoms with Gasteiger partial charge in [0.05, 0.1) is 9.64 Å². The first-order valence-electron chi connectivity index (χ1n) is 10.2. The van der Waals surface area contributed by atoms with E-state index >= 15 is 0 Å². The minimum atomic E-state index is -4.84. The summed E-state index contributed by atoms with van der Waals surface area (Å²) in [5.41, 5.74) is 0.631. The number of ether oxygens (including phenoxy) is 1. The molecule has 1 aromatic heterocycles. The van der Waals surface area contributed by atoms with Crippen molar-refractivity contribution >= 4 is 21.6 Å². The highest BCUT2D eigenvalue weighted by molar-refractivity contribution is 7.93. The molecule has 1 aromatic carbocycles. The minimum absolute atomic E-state index is 0.0117. The topological polar surface area (TPSA) is 88.6 Å². The van der Waals surface area contributed by atoms with Gasteiger partial charge in [-0.15, -0.1) is 13.2 Å². The molecule has 0 spiro atoms. The monoisotopic (exact) mass is 469 g/mol. The van der Waals surface area contributed by atoms with Crippen LogP contribution in [0.4, 0.5) is 23.7 Å². The number of benzene rings is 1. The third kappa shape index (κ3) is 4.52. The number of carbonyl (C=O) groups excluding carboxylic acids is 1.